The van der Waals surface area contributed by atoms with Gasteiger partial charge in [-0.25, -0.2) is 0 Å². The summed E-state index contributed by atoms with van der Waals surface area (Å²) >= 11 is 5.88. The highest BCUT2D eigenvalue weighted by Gasteiger charge is 2.30. The highest BCUT2D eigenvalue weighted by atomic mass is 35.5. The summed E-state index contributed by atoms with van der Waals surface area (Å²) in [5, 5.41) is 12.9. The molecule has 0 aliphatic carbocycles. The van der Waals surface area contributed by atoms with Gasteiger partial charge in [-0.2, -0.15) is 23.5 Å². The molecule has 0 amide bonds. The van der Waals surface area contributed by atoms with Crippen molar-refractivity contribution in [2.24, 2.45) is 5.10 Å². The lowest BCUT2D eigenvalue weighted by molar-refractivity contribution is -0.137. The Labute approximate surface area is 136 Å². The summed E-state index contributed by atoms with van der Waals surface area (Å²) in [7, 11) is 0. The van der Waals surface area contributed by atoms with Gasteiger partial charge in [0, 0.05) is 0 Å². The largest absolute Gasteiger partial charge is 0.416 e. The molecule has 118 valence electrons. The van der Waals surface area contributed by atoms with Gasteiger partial charge in [-0.1, -0.05) is 23.7 Å². The van der Waals surface area contributed by atoms with Crippen LogP contribution < -0.4 is 5.43 Å². The van der Waals surface area contributed by atoms with Crippen LogP contribution >= 0.6 is 11.6 Å². The molecule has 0 fully saturated rings. The number of benzene rings is 2. The van der Waals surface area contributed by atoms with Gasteiger partial charge in [-0.05, 0) is 42.8 Å². The van der Waals surface area contributed by atoms with E-state index < -0.39 is 11.7 Å². The van der Waals surface area contributed by atoms with E-state index in [2.05, 4.69) is 10.5 Å². The summed E-state index contributed by atoms with van der Waals surface area (Å²) in [6.07, 6.45) is -4.45. The zero-order chi connectivity index (χ0) is 17.0. The van der Waals surface area contributed by atoms with Crippen LogP contribution in [0, 0.1) is 11.3 Å². The molecule has 1 N–H and O–H groups in total. The molecule has 2 rings (SSSR count). The molecule has 2 aromatic carbocycles. The fourth-order valence-electron chi connectivity index (χ4n) is 1.78. The molecule has 0 aromatic heterocycles. The third kappa shape index (κ3) is 4.24. The van der Waals surface area contributed by atoms with Crippen LogP contribution in [-0.4, -0.2) is 5.71 Å². The van der Waals surface area contributed by atoms with E-state index in [0.29, 0.717) is 11.3 Å². The van der Waals surface area contributed by atoms with Gasteiger partial charge in [-0.3, -0.25) is 5.43 Å². The van der Waals surface area contributed by atoms with Crippen molar-refractivity contribution >= 4 is 23.0 Å². The maximum atomic E-state index is 12.7. The second-order valence-corrected chi connectivity index (χ2v) is 5.10. The first-order valence-electron chi connectivity index (χ1n) is 6.49. The van der Waals surface area contributed by atoms with E-state index in [-0.39, 0.29) is 10.7 Å². The number of hydrogen-bond donors (Lipinski definition) is 1. The topological polar surface area (TPSA) is 48.2 Å². The summed E-state index contributed by atoms with van der Waals surface area (Å²) in [5.41, 5.74) is 3.59. The lowest BCUT2D eigenvalue weighted by atomic mass is 10.1. The Morgan fingerprint density at radius 3 is 2.39 bits per heavy atom. The molecule has 0 heterocycles. The average molecular weight is 338 g/mol. The van der Waals surface area contributed by atoms with E-state index in [1.165, 1.54) is 6.07 Å². The van der Waals surface area contributed by atoms with Gasteiger partial charge in [0.05, 0.1) is 33.6 Å². The van der Waals surface area contributed by atoms with Crippen molar-refractivity contribution < 1.29 is 13.2 Å². The minimum Gasteiger partial charge on any atom is -0.277 e. The van der Waals surface area contributed by atoms with E-state index >= 15 is 0 Å². The first-order chi connectivity index (χ1) is 10.8. The smallest absolute Gasteiger partial charge is 0.277 e. The minimum absolute atomic E-state index is 0.0643. The molecule has 0 aliphatic heterocycles. The van der Waals surface area contributed by atoms with Gasteiger partial charge in [-0.15, -0.1) is 0 Å². The van der Waals surface area contributed by atoms with Gasteiger partial charge < -0.3 is 0 Å². The predicted octanol–water partition coefficient (Wildman–Crippen LogP) is 5.07. The fourth-order valence-corrected chi connectivity index (χ4v) is 1.94. The molecule has 0 unspecified atom stereocenters. The molecule has 23 heavy (non-hydrogen) atoms. The van der Waals surface area contributed by atoms with Crippen molar-refractivity contribution in [1.29, 1.82) is 5.26 Å². The molecular weight excluding hydrogens is 327 g/mol. The van der Waals surface area contributed by atoms with Crippen LogP contribution in [0.5, 0.6) is 0 Å². The summed E-state index contributed by atoms with van der Waals surface area (Å²) in [4.78, 5) is 0. The Bertz CT molecular complexity index is 775. The molecule has 0 saturated carbocycles. The number of anilines is 1. The summed E-state index contributed by atoms with van der Waals surface area (Å²) in [5.74, 6) is 0. The van der Waals surface area contributed by atoms with Crippen LogP contribution in [-0.2, 0) is 6.18 Å². The van der Waals surface area contributed by atoms with Crippen molar-refractivity contribution in [1.82, 2.24) is 0 Å². The first-order valence-corrected chi connectivity index (χ1v) is 6.86. The number of alkyl halides is 3. The van der Waals surface area contributed by atoms with Crippen molar-refractivity contribution in [2.45, 2.75) is 13.1 Å². The van der Waals surface area contributed by atoms with E-state index in [4.69, 9.17) is 16.9 Å². The molecule has 0 atom stereocenters. The van der Waals surface area contributed by atoms with E-state index in [9.17, 15) is 13.2 Å². The summed E-state index contributed by atoms with van der Waals surface area (Å²) < 4.78 is 38.1. The number of nitriles is 1. The third-order valence-electron chi connectivity index (χ3n) is 3.07. The van der Waals surface area contributed by atoms with Crippen LogP contribution in [0.1, 0.15) is 23.6 Å². The average Bonchev–Trinajstić information content (AvgIpc) is 2.52. The summed E-state index contributed by atoms with van der Waals surface area (Å²) in [6, 6.07) is 11.6. The monoisotopic (exact) mass is 337 g/mol. The van der Waals surface area contributed by atoms with Gasteiger partial charge >= 0.3 is 6.18 Å². The SMILES string of the molecule is CC(=NNc1cc(C(F)(F)F)ccc1Cl)c1ccc(C#N)cc1. The Morgan fingerprint density at radius 2 is 1.83 bits per heavy atom. The predicted molar refractivity (Wildman–Crippen MR) is 83.4 cm³/mol. The van der Waals surface area contributed by atoms with E-state index in [0.717, 1.165) is 17.7 Å². The molecular formula is C16H11ClF3N3. The van der Waals surface area contributed by atoms with Crippen molar-refractivity contribution in [3.8, 4) is 6.07 Å². The molecule has 3 nitrogen and oxygen atoms in total. The summed E-state index contributed by atoms with van der Waals surface area (Å²) in [6.45, 7) is 1.69. The number of nitrogens with zero attached hydrogens (tertiary/aromatic N) is 2. The van der Waals surface area contributed by atoms with Crippen LogP contribution in [0.15, 0.2) is 47.6 Å². The Kier molecular flexibility index (Phi) is 4.92. The number of rotatable bonds is 3. The molecule has 0 saturated heterocycles. The van der Waals surface area contributed by atoms with Crippen LogP contribution in [0.2, 0.25) is 5.02 Å². The number of nitrogens with one attached hydrogen (secondary N) is 1. The number of hydrazone groups is 1. The first kappa shape index (κ1) is 16.8. The number of hydrogen-bond acceptors (Lipinski definition) is 3. The normalized spacial score (nSPS) is 11.9. The Balaban J connectivity index is 2.23. The molecule has 0 aliphatic rings. The molecule has 2 aromatic rings. The Hall–Kier alpha value is -2.52. The molecule has 0 radical (unpaired) electrons. The maximum absolute atomic E-state index is 12.7. The van der Waals surface area contributed by atoms with Crippen molar-refractivity contribution in [3.63, 3.8) is 0 Å². The Morgan fingerprint density at radius 1 is 1.17 bits per heavy atom. The second-order valence-electron chi connectivity index (χ2n) is 4.69. The highest BCUT2D eigenvalue weighted by molar-refractivity contribution is 6.33. The van der Waals surface area contributed by atoms with E-state index in [1.807, 2.05) is 6.07 Å². The lowest BCUT2D eigenvalue weighted by Crippen LogP contribution is -2.06. The quantitative estimate of drug-likeness (QED) is 0.628. The zero-order valence-electron chi connectivity index (χ0n) is 11.9. The van der Waals surface area contributed by atoms with Crippen molar-refractivity contribution in [3.05, 3.63) is 64.2 Å². The molecule has 0 spiro atoms. The fraction of sp³-hybridized carbons (Fsp3) is 0.125. The van der Waals surface area contributed by atoms with Crippen LogP contribution in [0.3, 0.4) is 0 Å². The zero-order valence-corrected chi connectivity index (χ0v) is 12.7. The molecule has 7 heteroatoms. The standard InChI is InChI=1S/C16H11ClF3N3/c1-10(12-4-2-11(9-21)3-5-12)22-23-15-8-13(16(18,19)20)6-7-14(15)17/h2-8,23H,1H3. The lowest BCUT2D eigenvalue weighted by Gasteiger charge is -2.10. The van der Waals surface area contributed by atoms with Gasteiger partial charge in [0.25, 0.3) is 0 Å². The maximum Gasteiger partial charge on any atom is 0.416 e. The third-order valence-corrected chi connectivity index (χ3v) is 3.40. The van der Waals surface area contributed by atoms with Crippen LogP contribution in [0.25, 0.3) is 0 Å². The van der Waals surface area contributed by atoms with Gasteiger partial charge in [0.2, 0.25) is 0 Å². The van der Waals surface area contributed by atoms with Gasteiger partial charge in [0.1, 0.15) is 0 Å². The van der Waals surface area contributed by atoms with Gasteiger partial charge in [0.15, 0.2) is 0 Å². The molecule has 0 bridgehead atoms. The minimum atomic E-state index is -4.45. The highest BCUT2D eigenvalue weighted by Crippen LogP contribution is 2.33. The van der Waals surface area contributed by atoms with Crippen LogP contribution in [0.4, 0.5) is 18.9 Å². The van der Waals surface area contributed by atoms with Crippen molar-refractivity contribution in [2.75, 3.05) is 5.43 Å². The second kappa shape index (κ2) is 6.71. The van der Waals surface area contributed by atoms with E-state index in [1.54, 1.807) is 31.2 Å². The number of halogens is 4.